The first-order valence-corrected chi connectivity index (χ1v) is 8.53. The van der Waals surface area contributed by atoms with Gasteiger partial charge in [-0.1, -0.05) is 24.3 Å². The predicted octanol–water partition coefficient (Wildman–Crippen LogP) is 2.25. The molecule has 0 saturated carbocycles. The number of carbonyl (C=O) groups excluding carboxylic acids is 1. The highest BCUT2D eigenvalue weighted by Gasteiger charge is 2.24. The van der Waals surface area contributed by atoms with Gasteiger partial charge in [0.15, 0.2) is 5.13 Å². The minimum absolute atomic E-state index is 0.0445. The van der Waals surface area contributed by atoms with Gasteiger partial charge in [0, 0.05) is 26.2 Å². The second-order valence-electron chi connectivity index (χ2n) is 5.71. The lowest BCUT2D eigenvalue weighted by atomic mass is 10.1. The number of amides is 1. The normalized spacial score (nSPS) is 14.7. The van der Waals surface area contributed by atoms with Crippen LogP contribution in [0.4, 0.5) is 10.1 Å². The molecule has 3 rings (SSSR count). The van der Waals surface area contributed by atoms with Gasteiger partial charge < -0.3 is 9.80 Å². The van der Waals surface area contributed by atoms with E-state index in [-0.39, 0.29) is 10.9 Å². The number of carbonyl (C=O) groups is 1. The monoisotopic (exact) mass is 346 g/mol. The zero-order valence-electron chi connectivity index (χ0n) is 13.3. The molecule has 2 aromatic rings. The fourth-order valence-electron chi connectivity index (χ4n) is 2.72. The number of hydrogen-bond acceptors (Lipinski definition) is 6. The molecule has 0 radical (unpaired) electrons. The summed E-state index contributed by atoms with van der Waals surface area (Å²) in [5.41, 5.74) is 2.18. The van der Waals surface area contributed by atoms with Crippen LogP contribution in [0.5, 0.6) is 0 Å². The van der Waals surface area contributed by atoms with Crippen LogP contribution in [0.3, 0.4) is 0 Å². The number of nitrogens with zero attached hydrogens (tertiary/aromatic N) is 4. The Morgan fingerprint density at radius 3 is 2.62 bits per heavy atom. The first-order chi connectivity index (χ1) is 11.5. The fourth-order valence-corrected chi connectivity index (χ4v) is 3.50. The molecule has 0 unspecified atom stereocenters. The molecule has 1 aromatic heterocycles. The molecule has 1 fully saturated rings. The van der Waals surface area contributed by atoms with E-state index < -0.39 is 4.92 Å². The Kier molecular flexibility index (Phi) is 4.75. The van der Waals surface area contributed by atoms with Crippen LogP contribution in [0.2, 0.25) is 0 Å². The van der Waals surface area contributed by atoms with Crippen molar-refractivity contribution in [3.05, 3.63) is 51.7 Å². The van der Waals surface area contributed by atoms with Gasteiger partial charge in [0.2, 0.25) is 5.91 Å². The maximum atomic E-state index is 12.5. The lowest BCUT2D eigenvalue weighted by Crippen LogP contribution is -2.49. The maximum absolute atomic E-state index is 12.5. The number of nitro groups is 1. The number of benzene rings is 1. The van der Waals surface area contributed by atoms with Crippen LogP contribution >= 0.6 is 11.3 Å². The highest BCUT2D eigenvalue weighted by atomic mass is 32.1. The molecule has 8 heteroatoms. The molecular weight excluding hydrogens is 328 g/mol. The number of piperazine rings is 1. The molecule has 7 nitrogen and oxygen atoms in total. The summed E-state index contributed by atoms with van der Waals surface area (Å²) in [5, 5.41) is 11.4. The zero-order valence-corrected chi connectivity index (χ0v) is 14.2. The van der Waals surface area contributed by atoms with Gasteiger partial charge in [-0.3, -0.25) is 14.9 Å². The van der Waals surface area contributed by atoms with Gasteiger partial charge in [-0.05, 0) is 29.4 Å². The number of aromatic nitrogens is 1. The van der Waals surface area contributed by atoms with E-state index in [1.807, 2.05) is 41.0 Å². The average Bonchev–Trinajstić information content (AvgIpc) is 3.07. The highest BCUT2D eigenvalue weighted by Crippen LogP contribution is 2.28. The molecule has 1 saturated heterocycles. The third-order valence-electron chi connectivity index (χ3n) is 4.17. The maximum Gasteiger partial charge on any atom is 0.345 e. The molecule has 0 atom stereocenters. The van der Waals surface area contributed by atoms with Crippen LogP contribution in [0.15, 0.2) is 30.5 Å². The molecule has 24 heavy (non-hydrogen) atoms. The van der Waals surface area contributed by atoms with Gasteiger partial charge in [0.05, 0.1) is 11.3 Å². The number of rotatable bonds is 4. The minimum Gasteiger partial charge on any atom is -0.344 e. The average molecular weight is 346 g/mol. The quantitative estimate of drug-likeness (QED) is 0.627. The van der Waals surface area contributed by atoms with E-state index in [4.69, 9.17) is 0 Å². The van der Waals surface area contributed by atoms with Gasteiger partial charge in [-0.2, -0.15) is 0 Å². The summed E-state index contributed by atoms with van der Waals surface area (Å²) < 4.78 is 0. The van der Waals surface area contributed by atoms with Crippen molar-refractivity contribution in [2.75, 3.05) is 31.1 Å². The van der Waals surface area contributed by atoms with Crippen molar-refractivity contribution in [3.63, 3.8) is 0 Å². The third kappa shape index (κ3) is 3.53. The van der Waals surface area contributed by atoms with Crippen LogP contribution in [-0.4, -0.2) is 46.9 Å². The van der Waals surface area contributed by atoms with Gasteiger partial charge >= 0.3 is 5.00 Å². The second kappa shape index (κ2) is 6.96. The van der Waals surface area contributed by atoms with Crippen molar-refractivity contribution in [1.29, 1.82) is 0 Å². The first kappa shape index (κ1) is 16.4. The van der Waals surface area contributed by atoms with E-state index in [0.717, 1.165) is 22.5 Å². The lowest BCUT2D eigenvalue weighted by Gasteiger charge is -2.34. The Morgan fingerprint density at radius 2 is 2.00 bits per heavy atom. The van der Waals surface area contributed by atoms with E-state index in [2.05, 4.69) is 4.98 Å². The molecule has 0 bridgehead atoms. The topological polar surface area (TPSA) is 79.6 Å². The third-order valence-corrected chi connectivity index (χ3v) is 5.18. The van der Waals surface area contributed by atoms with Crippen LogP contribution in [0.25, 0.3) is 0 Å². The van der Waals surface area contributed by atoms with Crippen molar-refractivity contribution in [2.45, 2.75) is 13.3 Å². The van der Waals surface area contributed by atoms with Crippen LogP contribution in [0, 0.1) is 17.0 Å². The molecular formula is C16H18N4O3S. The molecule has 0 spiro atoms. The Hall–Kier alpha value is -2.48. The molecule has 1 aliphatic rings. The molecule has 0 N–H and O–H groups in total. The summed E-state index contributed by atoms with van der Waals surface area (Å²) in [7, 11) is 0. The highest BCUT2D eigenvalue weighted by molar-refractivity contribution is 7.18. The number of aryl methyl sites for hydroxylation is 1. The lowest BCUT2D eigenvalue weighted by molar-refractivity contribution is -0.380. The smallest absolute Gasteiger partial charge is 0.344 e. The van der Waals surface area contributed by atoms with Crippen molar-refractivity contribution in [3.8, 4) is 0 Å². The predicted molar refractivity (Wildman–Crippen MR) is 92.4 cm³/mol. The van der Waals surface area contributed by atoms with E-state index in [9.17, 15) is 14.9 Å². The summed E-state index contributed by atoms with van der Waals surface area (Å²) in [6, 6.07) is 7.91. The van der Waals surface area contributed by atoms with Crippen molar-refractivity contribution in [1.82, 2.24) is 9.88 Å². The summed E-state index contributed by atoms with van der Waals surface area (Å²) in [4.78, 5) is 30.7. The molecule has 0 aliphatic carbocycles. The number of thiazole rings is 1. The standard InChI is InChI=1S/C16H18N4O3S/c1-12-4-2-3-5-13(12)10-14(21)18-6-8-19(9-7-18)16-17-11-15(24-16)20(22)23/h2-5,11H,6-10H2,1H3. The van der Waals surface area contributed by atoms with Crippen LogP contribution in [-0.2, 0) is 11.2 Å². The Balaban J connectivity index is 1.57. The number of hydrogen-bond donors (Lipinski definition) is 0. The molecule has 126 valence electrons. The summed E-state index contributed by atoms with van der Waals surface area (Å²) >= 11 is 1.07. The van der Waals surface area contributed by atoms with Crippen molar-refractivity contribution in [2.24, 2.45) is 0 Å². The Morgan fingerprint density at radius 1 is 1.29 bits per heavy atom. The van der Waals surface area contributed by atoms with Crippen molar-refractivity contribution >= 4 is 27.4 Å². The summed E-state index contributed by atoms with van der Waals surface area (Å²) in [5.74, 6) is 0.120. The second-order valence-corrected chi connectivity index (χ2v) is 6.70. The largest absolute Gasteiger partial charge is 0.345 e. The van der Waals surface area contributed by atoms with Crippen LogP contribution in [0.1, 0.15) is 11.1 Å². The van der Waals surface area contributed by atoms with E-state index in [1.54, 1.807) is 0 Å². The Bertz CT molecular complexity index is 753. The molecule has 2 heterocycles. The molecule has 1 aromatic carbocycles. The van der Waals surface area contributed by atoms with Crippen molar-refractivity contribution < 1.29 is 9.72 Å². The fraction of sp³-hybridized carbons (Fsp3) is 0.375. The van der Waals surface area contributed by atoms with Gasteiger partial charge in [-0.25, -0.2) is 4.98 Å². The minimum atomic E-state index is -0.427. The summed E-state index contributed by atoms with van der Waals surface area (Å²) in [6.07, 6.45) is 1.70. The first-order valence-electron chi connectivity index (χ1n) is 7.72. The zero-order chi connectivity index (χ0) is 17.1. The SMILES string of the molecule is Cc1ccccc1CC(=O)N1CCN(c2ncc([N+](=O)[O-])s2)CC1. The van der Waals surface area contributed by atoms with E-state index >= 15 is 0 Å². The summed E-state index contributed by atoms with van der Waals surface area (Å²) in [6.45, 7) is 4.51. The Labute approximate surface area is 143 Å². The van der Waals surface area contributed by atoms with Gasteiger partial charge in [0.1, 0.15) is 6.20 Å². The van der Waals surface area contributed by atoms with Crippen LogP contribution < -0.4 is 4.90 Å². The van der Waals surface area contributed by atoms with Gasteiger partial charge in [-0.15, -0.1) is 0 Å². The molecule has 1 aliphatic heterocycles. The molecule has 1 amide bonds. The van der Waals surface area contributed by atoms with Gasteiger partial charge in [0.25, 0.3) is 0 Å². The van der Waals surface area contributed by atoms with E-state index in [1.165, 1.54) is 6.20 Å². The van der Waals surface area contributed by atoms with E-state index in [0.29, 0.717) is 37.7 Å². The number of anilines is 1.